The molecule has 1 heterocycles. The van der Waals surface area contributed by atoms with Gasteiger partial charge in [0, 0.05) is 6.42 Å². The monoisotopic (exact) mass is 425 g/mol. The van der Waals surface area contributed by atoms with E-state index in [2.05, 4.69) is 0 Å². The van der Waals surface area contributed by atoms with Gasteiger partial charge in [-0.15, -0.1) is 0 Å². The lowest BCUT2D eigenvalue weighted by Crippen LogP contribution is -2.19. The van der Waals surface area contributed by atoms with Crippen LogP contribution < -0.4 is 14.9 Å². The standard InChI is InChI=1S/C22H20FN3O3S/c1-29-19-10-4-15(5-11-19)21-14-22(16-2-6-17(23)7-3-16)26(25-21)18-8-12-20(13-9-18)30(24,27)28/h2-13,22H,14H2,1H3,(H2,24,27,28). The zero-order valence-corrected chi connectivity index (χ0v) is 17.0. The van der Waals surface area contributed by atoms with Crippen LogP contribution in [0.25, 0.3) is 0 Å². The molecule has 154 valence electrons. The highest BCUT2D eigenvalue weighted by Crippen LogP contribution is 2.37. The highest BCUT2D eigenvalue weighted by molar-refractivity contribution is 7.89. The molecule has 2 N–H and O–H groups in total. The van der Waals surface area contributed by atoms with Gasteiger partial charge in [-0.2, -0.15) is 5.10 Å². The second-order valence-electron chi connectivity index (χ2n) is 6.93. The molecule has 1 atom stereocenters. The number of sulfonamides is 1. The predicted molar refractivity (Wildman–Crippen MR) is 114 cm³/mol. The number of nitrogens with two attached hydrogens (primary N) is 1. The number of halogens is 1. The maximum atomic E-state index is 13.4. The van der Waals surface area contributed by atoms with E-state index >= 15 is 0 Å². The van der Waals surface area contributed by atoms with E-state index in [9.17, 15) is 12.8 Å². The summed E-state index contributed by atoms with van der Waals surface area (Å²) in [6.07, 6.45) is 0.606. The van der Waals surface area contributed by atoms with Crippen LogP contribution in [0.4, 0.5) is 10.1 Å². The van der Waals surface area contributed by atoms with Gasteiger partial charge in [-0.25, -0.2) is 17.9 Å². The molecule has 3 aromatic carbocycles. The third-order valence-electron chi connectivity index (χ3n) is 5.02. The molecule has 1 aliphatic heterocycles. The van der Waals surface area contributed by atoms with E-state index in [1.807, 2.05) is 29.3 Å². The van der Waals surface area contributed by atoms with Crippen molar-refractivity contribution in [2.75, 3.05) is 12.1 Å². The zero-order chi connectivity index (χ0) is 21.3. The third kappa shape index (κ3) is 4.05. The van der Waals surface area contributed by atoms with Crippen molar-refractivity contribution >= 4 is 21.4 Å². The topological polar surface area (TPSA) is 85.0 Å². The van der Waals surface area contributed by atoms with Gasteiger partial charge in [0.05, 0.1) is 29.4 Å². The molecule has 0 saturated heterocycles. The Morgan fingerprint density at radius 1 is 1.00 bits per heavy atom. The van der Waals surface area contributed by atoms with Crippen molar-refractivity contribution in [3.8, 4) is 5.75 Å². The molecule has 30 heavy (non-hydrogen) atoms. The Bertz CT molecular complexity index is 1180. The van der Waals surface area contributed by atoms with Crippen molar-refractivity contribution < 1.29 is 17.5 Å². The molecule has 6 nitrogen and oxygen atoms in total. The summed E-state index contributed by atoms with van der Waals surface area (Å²) in [5, 5.41) is 11.8. The number of methoxy groups -OCH3 is 1. The van der Waals surface area contributed by atoms with Crippen molar-refractivity contribution in [2.45, 2.75) is 17.4 Å². The Kier molecular flexibility index (Phi) is 5.27. The van der Waals surface area contributed by atoms with Crippen LogP contribution in [0.3, 0.4) is 0 Å². The van der Waals surface area contributed by atoms with Gasteiger partial charge in [-0.3, -0.25) is 5.01 Å². The summed E-state index contributed by atoms with van der Waals surface area (Å²) < 4.78 is 41.8. The molecule has 4 rings (SSSR count). The fourth-order valence-electron chi connectivity index (χ4n) is 3.44. The average Bonchev–Trinajstić information content (AvgIpc) is 3.19. The Balaban J connectivity index is 1.73. The van der Waals surface area contributed by atoms with Gasteiger partial charge in [0.15, 0.2) is 0 Å². The average molecular weight is 425 g/mol. The van der Waals surface area contributed by atoms with Crippen LogP contribution in [0, 0.1) is 5.82 Å². The predicted octanol–water partition coefficient (Wildman–Crippen LogP) is 3.84. The van der Waals surface area contributed by atoms with Crippen LogP contribution in [0.1, 0.15) is 23.6 Å². The SMILES string of the molecule is COc1ccc(C2=NN(c3ccc(S(N)(=O)=O)cc3)C(c3ccc(F)cc3)C2)cc1. The number of hydrogen-bond donors (Lipinski definition) is 1. The number of primary sulfonamides is 1. The van der Waals surface area contributed by atoms with Crippen LogP contribution in [0.2, 0.25) is 0 Å². The maximum Gasteiger partial charge on any atom is 0.238 e. The summed E-state index contributed by atoms with van der Waals surface area (Å²) in [7, 11) is -2.17. The van der Waals surface area contributed by atoms with Gasteiger partial charge < -0.3 is 4.74 Å². The highest BCUT2D eigenvalue weighted by atomic mass is 32.2. The number of benzene rings is 3. The first-order chi connectivity index (χ1) is 14.3. The Morgan fingerprint density at radius 3 is 2.20 bits per heavy atom. The summed E-state index contributed by atoms with van der Waals surface area (Å²) >= 11 is 0. The first-order valence-corrected chi connectivity index (χ1v) is 10.8. The second-order valence-corrected chi connectivity index (χ2v) is 8.49. The number of nitrogens with zero attached hydrogens (tertiary/aromatic N) is 2. The van der Waals surface area contributed by atoms with Crippen LogP contribution >= 0.6 is 0 Å². The number of hydrazone groups is 1. The van der Waals surface area contributed by atoms with Crippen LogP contribution in [0.5, 0.6) is 5.75 Å². The second kappa shape index (κ2) is 7.89. The van der Waals surface area contributed by atoms with Crippen molar-refractivity contribution in [1.29, 1.82) is 0 Å². The van der Waals surface area contributed by atoms with Gasteiger partial charge in [0.25, 0.3) is 0 Å². The van der Waals surface area contributed by atoms with Crippen LogP contribution in [-0.2, 0) is 10.0 Å². The minimum atomic E-state index is -3.78. The molecule has 1 unspecified atom stereocenters. The summed E-state index contributed by atoms with van der Waals surface area (Å²) in [6.45, 7) is 0. The lowest BCUT2D eigenvalue weighted by molar-refractivity contribution is 0.415. The molecule has 0 aromatic heterocycles. The lowest BCUT2D eigenvalue weighted by atomic mass is 9.98. The minimum Gasteiger partial charge on any atom is -0.497 e. The van der Waals surface area contributed by atoms with Crippen LogP contribution in [0.15, 0.2) is 82.8 Å². The molecule has 0 amide bonds. The van der Waals surface area contributed by atoms with E-state index in [-0.39, 0.29) is 16.8 Å². The summed E-state index contributed by atoms with van der Waals surface area (Å²) in [6, 6.07) is 20.0. The highest BCUT2D eigenvalue weighted by Gasteiger charge is 2.30. The number of anilines is 1. The molecule has 0 radical (unpaired) electrons. The fourth-order valence-corrected chi connectivity index (χ4v) is 3.95. The molecule has 0 saturated carbocycles. The maximum absolute atomic E-state index is 13.4. The van der Waals surface area contributed by atoms with E-state index in [1.165, 1.54) is 24.3 Å². The minimum absolute atomic E-state index is 0.0307. The molecule has 0 spiro atoms. The molecular formula is C22H20FN3O3S. The van der Waals surface area contributed by atoms with E-state index in [1.54, 1.807) is 31.4 Å². The van der Waals surface area contributed by atoms with E-state index < -0.39 is 10.0 Å². The van der Waals surface area contributed by atoms with Crippen LogP contribution in [-0.4, -0.2) is 21.2 Å². The van der Waals surface area contributed by atoms with Gasteiger partial charge >= 0.3 is 0 Å². The quantitative estimate of drug-likeness (QED) is 0.673. The van der Waals surface area contributed by atoms with Gasteiger partial charge in [-0.1, -0.05) is 12.1 Å². The summed E-state index contributed by atoms with van der Waals surface area (Å²) in [5.74, 6) is 0.444. The smallest absolute Gasteiger partial charge is 0.238 e. The first-order valence-electron chi connectivity index (χ1n) is 9.24. The zero-order valence-electron chi connectivity index (χ0n) is 16.2. The molecule has 1 aliphatic rings. The Labute approximate surface area is 174 Å². The van der Waals surface area contributed by atoms with Crippen molar-refractivity contribution in [1.82, 2.24) is 0 Å². The molecule has 8 heteroatoms. The lowest BCUT2D eigenvalue weighted by Gasteiger charge is -2.24. The number of rotatable bonds is 5. The van der Waals surface area contributed by atoms with Crippen molar-refractivity contribution in [2.24, 2.45) is 10.2 Å². The van der Waals surface area contributed by atoms with Gasteiger partial charge in [-0.05, 0) is 71.8 Å². The Morgan fingerprint density at radius 2 is 1.63 bits per heavy atom. The van der Waals surface area contributed by atoms with Gasteiger partial charge in [0.2, 0.25) is 10.0 Å². The number of hydrogen-bond acceptors (Lipinski definition) is 5. The normalized spacial score (nSPS) is 16.4. The molecule has 3 aromatic rings. The molecule has 0 aliphatic carbocycles. The van der Waals surface area contributed by atoms with Gasteiger partial charge in [0.1, 0.15) is 11.6 Å². The fraction of sp³-hybridized carbons (Fsp3) is 0.136. The molecule has 0 bridgehead atoms. The molecule has 0 fully saturated rings. The van der Waals surface area contributed by atoms with E-state index in [0.29, 0.717) is 12.1 Å². The first kappa shape index (κ1) is 20.1. The Hall–Kier alpha value is -3.23. The third-order valence-corrected chi connectivity index (χ3v) is 5.95. The summed E-state index contributed by atoms with van der Waals surface area (Å²) in [5.41, 5.74) is 3.42. The number of ether oxygens (including phenoxy) is 1. The summed E-state index contributed by atoms with van der Waals surface area (Å²) in [4.78, 5) is 0.0307. The van der Waals surface area contributed by atoms with E-state index in [4.69, 9.17) is 15.0 Å². The van der Waals surface area contributed by atoms with E-state index in [0.717, 1.165) is 22.6 Å². The van der Waals surface area contributed by atoms with Crippen molar-refractivity contribution in [3.05, 3.63) is 89.7 Å². The largest absolute Gasteiger partial charge is 0.497 e. The van der Waals surface area contributed by atoms with Crippen molar-refractivity contribution in [3.63, 3.8) is 0 Å². The molecular weight excluding hydrogens is 405 g/mol.